The highest BCUT2D eigenvalue weighted by molar-refractivity contribution is 5.04. The summed E-state index contributed by atoms with van der Waals surface area (Å²) >= 11 is 0. The number of terminal acetylenes is 1. The van der Waals surface area contributed by atoms with Gasteiger partial charge in [0.2, 0.25) is 0 Å². The molecule has 0 aliphatic rings. The highest BCUT2D eigenvalue weighted by Crippen LogP contribution is 2.30. The lowest BCUT2D eigenvalue weighted by atomic mass is 9.80. The van der Waals surface area contributed by atoms with E-state index >= 15 is 0 Å². The van der Waals surface area contributed by atoms with Gasteiger partial charge >= 0.3 is 0 Å². The zero-order chi connectivity index (χ0) is 11.4. The van der Waals surface area contributed by atoms with Crippen LogP contribution in [-0.4, -0.2) is 35.7 Å². The first-order chi connectivity index (χ1) is 6.25. The molecular formula is C12H23NO. The number of hydrogen-bond acceptors (Lipinski definition) is 2. The molecule has 0 spiro atoms. The smallest absolute Gasteiger partial charge is 0.0558 e. The van der Waals surface area contributed by atoms with Crippen LogP contribution >= 0.6 is 0 Å². The number of aliphatic hydroxyl groups is 1. The second-order valence-electron chi connectivity index (χ2n) is 5.16. The Kier molecular flexibility index (Phi) is 4.64. The lowest BCUT2D eigenvalue weighted by Crippen LogP contribution is -2.45. The SMILES string of the molecule is C#CC(C)(C)CC(C)(C)N(C)CCO. The van der Waals surface area contributed by atoms with Crippen molar-refractivity contribution >= 4 is 0 Å². The average Bonchev–Trinajstić information content (AvgIpc) is 2.03. The van der Waals surface area contributed by atoms with Gasteiger partial charge in [-0.15, -0.1) is 12.3 Å². The summed E-state index contributed by atoms with van der Waals surface area (Å²) in [5, 5.41) is 8.87. The predicted molar refractivity (Wildman–Crippen MR) is 61.0 cm³/mol. The van der Waals surface area contributed by atoms with E-state index in [-0.39, 0.29) is 17.6 Å². The maximum absolute atomic E-state index is 8.87. The minimum atomic E-state index is -0.0901. The average molecular weight is 197 g/mol. The highest BCUT2D eigenvalue weighted by atomic mass is 16.3. The Morgan fingerprint density at radius 3 is 2.14 bits per heavy atom. The molecule has 0 aromatic heterocycles. The second-order valence-corrected chi connectivity index (χ2v) is 5.16. The molecular weight excluding hydrogens is 174 g/mol. The zero-order valence-electron chi connectivity index (χ0n) is 10.1. The van der Waals surface area contributed by atoms with Crippen LogP contribution in [0.25, 0.3) is 0 Å². The molecule has 1 N–H and O–H groups in total. The quantitative estimate of drug-likeness (QED) is 0.679. The van der Waals surface area contributed by atoms with Crippen molar-refractivity contribution in [1.82, 2.24) is 4.90 Å². The van der Waals surface area contributed by atoms with Crippen LogP contribution in [-0.2, 0) is 0 Å². The number of likely N-dealkylation sites (N-methyl/N-ethyl adjacent to an activating group) is 1. The summed E-state index contributed by atoms with van der Waals surface area (Å²) in [6.45, 7) is 9.33. The highest BCUT2D eigenvalue weighted by Gasteiger charge is 2.30. The van der Waals surface area contributed by atoms with Gasteiger partial charge in [-0.2, -0.15) is 0 Å². The third-order valence-corrected chi connectivity index (χ3v) is 2.73. The van der Waals surface area contributed by atoms with Crippen molar-refractivity contribution in [2.75, 3.05) is 20.2 Å². The molecule has 82 valence electrons. The molecule has 0 aromatic rings. The van der Waals surface area contributed by atoms with Crippen LogP contribution < -0.4 is 0 Å². The third-order valence-electron chi connectivity index (χ3n) is 2.73. The largest absolute Gasteiger partial charge is 0.395 e. The lowest BCUT2D eigenvalue weighted by molar-refractivity contribution is 0.0929. The van der Waals surface area contributed by atoms with E-state index < -0.39 is 0 Å². The van der Waals surface area contributed by atoms with Crippen LogP contribution in [0.5, 0.6) is 0 Å². The Morgan fingerprint density at radius 1 is 1.29 bits per heavy atom. The zero-order valence-corrected chi connectivity index (χ0v) is 10.1. The Morgan fingerprint density at radius 2 is 1.79 bits per heavy atom. The van der Waals surface area contributed by atoms with Crippen molar-refractivity contribution in [2.24, 2.45) is 5.41 Å². The van der Waals surface area contributed by atoms with E-state index in [1.54, 1.807) is 0 Å². The summed E-state index contributed by atoms with van der Waals surface area (Å²) in [6, 6.07) is 0. The molecule has 14 heavy (non-hydrogen) atoms. The molecule has 0 aromatic carbocycles. The van der Waals surface area contributed by atoms with Crippen molar-refractivity contribution in [2.45, 2.75) is 39.7 Å². The van der Waals surface area contributed by atoms with E-state index in [2.05, 4.69) is 38.5 Å². The van der Waals surface area contributed by atoms with Crippen LogP contribution in [0.4, 0.5) is 0 Å². The molecule has 0 saturated heterocycles. The number of nitrogens with zero attached hydrogens (tertiary/aromatic N) is 1. The Bertz CT molecular complexity index is 213. The van der Waals surface area contributed by atoms with Gasteiger partial charge in [0.25, 0.3) is 0 Å². The van der Waals surface area contributed by atoms with Gasteiger partial charge in [0.15, 0.2) is 0 Å². The molecule has 0 rings (SSSR count). The van der Waals surface area contributed by atoms with E-state index in [0.29, 0.717) is 6.54 Å². The Labute approximate surface area is 88.3 Å². The van der Waals surface area contributed by atoms with E-state index in [0.717, 1.165) is 6.42 Å². The van der Waals surface area contributed by atoms with Crippen molar-refractivity contribution in [1.29, 1.82) is 0 Å². The van der Waals surface area contributed by atoms with Gasteiger partial charge in [-0.25, -0.2) is 0 Å². The number of aliphatic hydroxyl groups excluding tert-OH is 1. The van der Waals surface area contributed by atoms with Crippen molar-refractivity contribution in [3.8, 4) is 12.3 Å². The minimum Gasteiger partial charge on any atom is -0.395 e. The van der Waals surface area contributed by atoms with Gasteiger partial charge in [-0.1, -0.05) is 0 Å². The fraction of sp³-hybridized carbons (Fsp3) is 0.833. The van der Waals surface area contributed by atoms with Gasteiger partial charge in [-0.3, -0.25) is 4.90 Å². The summed E-state index contributed by atoms with van der Waals surface area (Å²) in [5.41, 5.74) is -0.0637. The molecule has 0 aliphatic heterocycles. The summed E-state index contributed by atoms with van der Waals surface area (Å²) in [7, 11) is 2.02. The molecule has 0 saturated carbocycles. The Hall–Kier alpha value is -0.520. The molecule has 0 amide bonds. The normalized spacial score (nSPS) is 13.0. The van der Waals surface area contributed by atoms with Crippen LogP contribution in [0.2, 0.25) is 0 Å². The van der Waals surface area contributed by atoms with E-state index in [1.165, 1.54) is 0 Å². The van der Waals surface area contributed by atoms with Gasteiger partial charge in [0.1, 0.15) is 0 Å². The van der Waals surface area contributed by atoms with Gasteiger partial charge in [0, 0.05) is 17.5 Å². The Balaban J connectivity index is 4.41. The first-order valence-electron chi connectivity index (χ1n) is 5.05. The first-order valence-corrected chi connectivity index (χ1v) is 5.05. The van der Waals surface area contributed by atoms with Gasteiger partial charge < -0.3 is 5.11 Å². The fourth-order valence-corrected chi connectivity index (χ4v) is 1.72. The molecule has 2 heteroatoms. The van der Waals surface area contributed by atoms with Gasteiger partial charge in [0.05, 0.1) is 6.61 Å². The molecule has 0 aliphatic carbocycles. The van der Waals surface area contributed by atoms with Crippen molar-refractivity contribution < 1.29 is 5.11 Å². The summed E-state index contributed by atoms with van der Waals surface area (Å²) in [6.07, 6.45) is 6.39. The topological polar surface area (TPSA) is 23.5 Å². The number of hydrogen-bond donors (Lipinski definition) is 1. The van der Waals surface area contributed by atoms with Crippen molar-refractivity contribution in [3.05, 3.63) is 0 Å². The standard InChI is InChI=1S/C12H23NO/c1-7-11(2,3)10-12(4,5)13(6)8-9-14/h1,14H,8-10H2,2-6H3. The predicted octanol–water partition coefficient (Wildman–Crippen LogP) is 1.74. The molecule has 0 radical (unpaired) electrons. The first kappa shape index (κ1) is 13.5. The molecule has 0 heterocycles. The number of β-amino-alcohol motifs (C(OH)–C–C–N with tert-alkyl or cyclic N) is 1. The minimum absolute atomic E-state index is 0.0264. The third kappa shape index (κ3) is 4.13. The van der Waals surface area contributed by atoms with Crippen LogP contribution in [0.1, 0.15) is 34.1 Å². The van der Waals surface area contributed by atoms with Crippen LogP contribution in [0.15, 0.2) is 0 Å². The second kappa shape index (κ2) is 4.82. The fourth-order valence-electron chi connectivity index (χ4n) is 1.72. The van der Waals surface area contributed by atoms with Gasteiger partial charge in [-0.05, 0) is 41.2 Å². The summed E-state index contributed by atoms with van der Waals surface area (Å²) < 4.78 is 0. The molecule has 2 nitrogen and oxygen atoms in total. The molecule has 0 atom stereocenters. The van der Waals surface area contributed by atoms with Crippen LogP contribution in [0.3, 0.4) is 0 Å². The maximum atomic E-state index is 8.87. The monoisotopic (exact) mass is 197 g/mol. The van der Waals surface area contributed by atoms with E-state index in [1.807, 2.05) is 7.05 Å². The maximum Gasteiger partial charge on any atom is 0.0558 e. The molecule has 0 bridgehead atoms. The lowest BCUT2D eigenvalue weighted by Gasteiger charge is -2.39. The summed E-state index contributed by atoms with van der Waals surface area (Å²) in [4.78, 5) is 2.14. The molecule has 0 fully saturated rings. The van der Waals surface area contributed by atoms with E-state index in [9.17, 15) is 0 Å². The number of rotatable bonds is 5. The van der Waals surface area contributed by atoms with Crippen molar-refractivity contribution in [3.63, 3.8) is 0 Å². The molecule has 0 unspecified atom stereocenters. The summed E-state index contributed by atoms with van der Waals surface area (Å²) in [5.74, 6) is 2.81. The van der Waals surface area contributed by atoms with Crippen LogP contribution in [0, 0.1) is 17.8 Å². The van der Waals surface area contributed by atoms with E-state index in [4.69, 9.17) is 11.5 Å².